The number of ketones is 1. The van der Waals surface area contributed by atoms with E-state index in [0.717, 1.165) is 5.56 Å². The summed E-state index contributed by atoms with van der Waals surface area (Å²) in [5, 5.41) is 9.55. The first-order chi connectivity index (χ1) is 10.7. The fraction of sp³-hybridized carbons (Fsp3) is 0.167. The first-order valence-electron chi connectivity index (χ1n) is 7.09. The van der Waals surface area contributed by atoms with Crippen LogP contribution < -0.4 is 0 Å². The Morgan fingerprint density at radius 1 is 1.18 bits per heavy atom. The molecular formula is C18H12N2O2. The number of rotatable bonds is 1. The summed E-state index contributed by atoms with van der Waals surface area (Å²) in [6.07, 6.45) is 1.57. The number of aliphatic imine (C=N–C) groups is 1. The number of fused-ring (bicyclic) bond motifs is 2. The number of furan rings is 1. The Morgan fingerprint density at radius 2 is 1.95 bits per heavy atom. The molecule has 0 saturated carbocycles. The van der Waals surface area contributed by atoms with Crippen LogP contribution in [-0.2, 0) is 0 Å². The van der Waals surface area contributed by atoms with Crippen LogP contribution in [-0.4, -0.2) is 11.5 Å². The van der Waals surface area contributed by atoms with Crippen LogP contribution in [0, 0.1) is 17.2 Å². The third-order valence-electron chi connectivity index (χ3n) is 4.30. The van der Waals surface area contributed by atoms with Gasteiger partial charge < -0.3 is 4.42 Å². The van der Waals surface area contributed by atoms with Gasteiger partial charge in [-0.15, -0.1) is 0 Å². The lowest BCUT2D eigenvalue weighted by Gasteiger charge is -2.25. The molecule has 1 aliphatic carbocycles. The highest BCUT2D eigenvalue weighted by molar-refractivity contribution is 6.23. The van der Waals surface area contributed by atoms with Crippen molar-refractivity contribution in [3.63, 3.8) is 0 Å². The zero-order valence-corrected chi connectivity index (χ0v) is 11.9. The number of carbonyl (C=O) groups is 1. The van der Waals surface area contributed by atoms with E-state index in [2.05, 4.69) is 11.1 Å². The van der Waals surface area contributed by atoms with Gasteiger partial charge >= 0.3 is 0 Å². The SMILES string of the molecule is CC1=NC2=C(C(=O)c3ccccc32)[C@@H](c2ccco2)C1C#N. The molecule has 1 aromatic heterocycles. The summed E-state index contributed by atoms with van der Waals surface area (Å²) < 4.78 is 5.52. The Kier molecular flexibility index (Phi) is 2.64. The van der Waals surface area contributed by atoms with E-state index >= 15 is 0 Å². The molecule has 0 N–H and O–H groups in total. The molecule has 106 valence electrons. The molecule has 0 amide bonds. The van der Waals surface area contributed by atoms with Crippen molar-refractivity contribution in [3.05, 3.63) is 65.1 Å². The zero-order valence-electron chi connectivity index (χ0n) is 11.9. The van der Waals surface area contributed by atoms with Crippen LogP contribution in [0.4, 0.5) is 0 Å². The Hall–Kier alpha value is -2.93. The minimum Gasteiger partial charge on any atom is -0.469 e. The first-order valence-corrected chi connectivity index (χ1v) is 7.09. The van der Waals surface area contributed by atoms with Crippen molar-refractivity contribution < 1.29 is 9.21 Å². The quantitative estimate of drug-likeness (QED) is 0.805. The van der Waals surface area contributed by atoms with Gasteiger partial charge in [-0.1, -0.05) is 24.3 Å². The topological polar surface area (TPSA) is 66.4 Å². The van der Waals surface area contributed by atoms with Gasteiger partial charge in [0.2, 0.25) is 0 Å². The van der Waals surface area contributed by atoms with E-state index in [1.807, 2.05) is 31.2 Å². The third kappa shape index (κ3) is 1.57. The molecule has 0 bridgehead atoms. The van der Waals surface area contributed by atoms with E-state index < -0.39 is 11.8 Å². The second-order valence-corrected chi connectivity index (χ2v) is 5.49. The summed E-state index contributed by atoms with van der Waals surface area (Å²) in [6, 6.07) is 13.3. The fourth-order valence-corrected chi connectivity index (χ4v) is 3.29. The number of nitriles is 1. The summed E-state index contributed by atoms with van der Waals surface area (Å²) in [5.74, 6) is -0.298. The largest absolute Gasteiger partial charge is 0.469 e. The number of nitrogens with zero attached hydrogens (tertiary/aromatic N) is 2. The molecule has 0 radical (unpaired) electrons. The van der Waals surface area contributed by atoms with Crippen molar-refractivity contribution in [3.8, 4) is 6.07 Å². The summed E-state index contributed by atoms with van der Waals surface area (Å²) >= 11 is 0. The summed E-state index contributed by atoms with van der Waals surface area (Å²) in [5.41, 5.74) is 3.47. The molecule has 2 atom stereocenters. The number of benzene rings is 1. The Morgan fingerprint density at radius 3 is 2.64 bits per heavy atom. The van der Waals surface area contributed by atoms with E-state index in [9.17, 15) is 10.1 Å². The second kappa shape index (κ2) is 4.54. The number of hydrogen-bond donors (Lipinski definition) is 0. The number of hydrogen-bond acceptors (Lipinski definition) is 4. The van der Waals surface area contributed by atoms with Crippen LogP contribution in [0.1, 0.15) is 34.5 Å². The molecule has 2 heterocycles. The van der Waals surface area contributed by atoms with Gasteiger partial charge in [0.15, 0.2) is 5.78 Å². The average molecular weight is 288 g/mol. The smallest absolute Gasteiger partial charge is 0.192 e. The molecule has 1 unspecified atom stereocenters. The summed E-state index contributed by atoms with van der Waals surface area (Å²) in [6.45, 7) is 1.83. The van der Waals surface area contributed by atoms with E-state index in [0.29, 0.717) is 28.3 Å². The van der Waals surface area contributed by atoms with Crippen molar-refractivity contribution in [1.29, 1.82) is 5.26 Å². The zero-order chi connectivity index (χ0) is 15.3. The predicted octanol–water partition coefficient (Wildman–Crippen LogP) is 3.59. The normalized spacial score (nSPS) is 22.9. The summed E-state index contributed by atoms with van der Waals surface area (Å²) in [4.78, 5) is 17.4. The standard InChI is InChI=1S/C18H12N2O2/c1-10-13(9-19)15(14-7-4-8-22-14)16-17(20-10)11-5-2-3-6-12(11)18(16)21/h2-8,13,15H,1H3/t13?,15-/m1/s1. The van der Waals surface area contributed by atoms with E-state index in [1.54, 1.807) is 18.4 Å². The van der Waals surface area contributed by atoms with Crippen LogP contribution in [0.25, 0.3) is 5.70 Å². The highest BCUT2D eigenvalue weighted by Gasteiger charge is 2.44. The van der Waals surface area contributed by atoms with Gasteiger partial charge in [0.1, 0.15) is 5.76 Å². The highest BCUT2D eigenvalue weighted by Crippen LogP contribution is 2.47. The molecule has 1 aromatic carbocycles. The third-order valence-corrected chi connectivity index (χ3v) is 4.30. The molecule has 4 nitrogen and oxygen atoms in total. The molecule has 22 heavy (non-hydrogen) atoms. The van der Waals surface area contributed by atoms with Crippen LogP contribution >= 0.6 is 0 Å². The van der Waals surface area contributed by atoms with Crippen LogP contribution in [0.2, 0.25) is 0 Å². The van der Waals surface area contributed by atoms with Crippen LogP contribution in [0.15, 0.2) is 57.6 Å². The lowest BCUT2D eigenvalue weighted by Crippen LogP contribution is -2.26. The maximum atomic E-state index is 12.8. The predicted molar refractivity (Wildman–Crippen MR) is 81.4 cm³/mol. The molecule has 0 spiro atoms. The minimum atomic E-state index is -0.483. The van der Waals surface area contributed by atoms with Gasteiger partial charge in [-0.3, -0.25) is 9.79 Å². The highest BCUT2D eigenvalue weighted by atomic mass is 16.3. The number of Topliss-reactive ketones (excluding diaryl/α,β-unsaturated/α-hetero) is 1. The van der Waals surface area contributed by atoms with Gasteiger partial charge in [-0.05, 0) is 19.1 Å². The average Bonchev–Trinajstić information content (AvgIpc) is 3.15. The summed E-state index contributed by atoms with van der Waals surface area (Å²) in [7, 11) is 0. The van der Waals surface area contributed by atoms with Gasteiger partial charge in [0.25, 0.3) is 0 Å². The maximum absolute atomic E-state index is 12.8. The molecular weight excluding hydrogens is 276 g/mol. The molecule has 1 aliphatic heterocycles. The lowest BCUT2D eigenvalue weighted by molar-refractivity contribution is 0.102. The Labute approximate surface area is 127 Å². The second-order valence-electron chi connectivity index (χ2n) is 5.49. The molecule has 4 heteroatoms. The van der Waals surface area contributed by atoms with Crippen molar-refractivity contribution in [2.75, 3.05) is 0 Å². The van der Waals surface area contributed by atoms with E-state index in [1.165, 1.54) is 0 Å². The molecule has 4 rings (SSSR count). The van der Waals surface area contributed by atoms with Crippen molar-refractivity contribution in [2.24, 2.45) is 10.9 Å². The lowest BCUT2D eigenvalue weighted by atomic mass is 9.78. The molecule has 0 fully saturated rings. The minimum absolute atomic E-state index is 0.0523. The van der Waals surface area contributed by atoms with Gasteiger partial charge in [0.05, 0.1) is 29.9 Å². The molecule has 0 saturated heterocycles. The maximum Gasteiger partial charge on any atom is 0.192 e. The molecule has 2 aromatic rings. The Bertz CT molecular complexity index is 882. The monoisotopic (exact) mass is 288 g/mol. The van der Waals surface area contributed by atoms with Crippen LogP contribution in [0.3, 0.4) is 0 Å². The number of allylic oxidation sites excluding steroid dienone is 1. The van der Waals surface area contributed by atoms with Crippen molar-refractivity contribution in [2.45, 2.75) is 12.8 Å². The molecule has 2 aliphatic rings. The van der Waals surface area contributed by atoms with E-state index in [-0.39, 0.29) is 5.78 Å². The van der Waals surface area contributed by atoms with Gasteiger partial charge in [-0.2, -0.15) is 5.26 Å². The van der Waals surface area contributed by atoms with Gasteiger partial charge in [-0.25, -0.2) is 0 Å². The van der Waals surface area contributed by atoms with Crippen LogP contribution in [0.5, 0.6) is 0 Å². The van der Waals surface area contributed by atoms with Gasteiger partial charge in [0, 0.05) is 22.4 Å². The fourth-order valence-electron chi connectivity index (χ4n) is 3.29. The Balaban J connectivity index is 1.98. The van der Waals surface area contributed by atoms with Crippen molar-refractivity contribution in [1.82, 2.24) is 0 Å². The van der Waals surface area contributed by atoms with E-state index in [4.69, 9.17) is 4.42 Å². The number of carbonyl (C=O) groups excluding carboxylic acids is 1. The van der Waals surface area contributed by atoms with Crippen molar-refractivity contribution >= 4 is 17.2 Å². The first kappa shape index (κ1) is 12.8.